The van der Waals surface area contributed by atoms with Gasteiger partial charge in [0, 0.05) is 0 Å². The molecule has 0 spiro atoms. The summed E-state index contributed by atoms with van der Waals surface area (Å²) in [7, 11) is 0. The molecule has 2 aromatic rings. The van der Waals surface area contributed by atoms with Gasteiger partial charge >= 0.3 is 6.18 Å². The van der Waals surface area contributed by atoms with E-state index in [1.165, 1.54) is 18.4 Å². The Morgan fingerprint density at radius 1 is 1.20 bits per heavy atom. The largest absolute Gasteiger partial charge is 0.461 e. The van der Waals surface area contributed by atoms with Gasteiger partial charge in [-0.3, -0.25) is 4.79 Å². The fourth-order valence-electron chi connectivity index (χ4n) is 2.85. The predicted octanol–water partition coefficient (Wildman–Crippen LogP) is 2.55. The number of Topliss-reactive ketones (excluding diaryl/α,β-unsaturated/α-hetero) is 1. The van der Waals surface area contributed by atoms with Gasteiger partial charge in [0.2, 0.25) is 11.5 Å². The molecule has 0 aliphatic carbocycles. The number of nitrogens with one attached hydrogen (secondary N) is 2. The molecule has 3 atom stereocenters. The van der Waals surface area contributed by atoms with Gasteiger partial charge in [0.15, 0.2) is 10.9 Å². The lowest BCUT2D eigenvalue weighted by atomic mass is 9.78. The number of rotatable bonds is 3. The maximum atomic E-state index is 13.7. The van der Waals surface area contributed by atoms with Crippen LogP contribution in [0.4, 0.5) is 13.2 Å². The molecular formula is C16H13F3N2O3S. The van der Waals surface area contributed by atoms with Crippen molar-refractivity contribution in [2.24, 2.45) is 5.92 Å². The number of ketones is 1. The average Bonchev–Trinajstić information content (AvgIpc) is 3.08. The molecule has 3 rings (SSSR count). The minimum absolute atomic E-state index is 0.287. The fraction of sp³-hybridized carbons (Fsp3) is 0.250. The minimum Gasteiger partial charge on any atom is -0.461 e. The first-order valence-electron chi connectivity index (χ1n) is 7.24. The van der Waals surface area contributed by atoms with Crippen molar-refractivity contribution in [1.29, 1.82) is 0 Å². The van der Waals surface area contributed by atoms with Crippen LogP contribution in [0.5, 0.6) is 0 Å². The van der Waals surface area contributed by atoms with Crippen molar-refractivity contribution in [1.82, 2.24) is 10.6 Å². The Balaban J connectivity index is 2.15. The molecule has 1 saturated heterocycles. The third-order valence-corrected chi connectivity index (χ3v) is 4.23. The molecule has 1 aromatic carbocycles. The number of hydrogen-bond acceptors (Lipinski definition) is 4. The summed E-state index contributed by atoms with van der Waals surface area (Å²) in [6, 6.07) is 9.43. The SMILES string of the molecule is O=C(c1ccco1)[C@@H]1[C@@H](c2ccccc2)NC(=S)N[C@@]1(O)C(F)(F)F. The average molecular weight is 370 g/mol. The molecule has 2 heterocycles. The third kappa shape index (κ3) is 3.00. The Morgan fingerprint density at radius 2 is 1.88 bits per heavy atom. The molecule has 0 amide bonds. The van der Waals surface area contributed by atoms with Crippen molar-refractivity contribution in [2.45, 2.75) is 17.9 Å². The lowest BCUT2D eigenvalue weighted by Crippen LogP contribution is -2.72. The first-order chi connectivity index (χ1) is 11.7. The van der Waals surface area contributed by atoms with Crippen molar-refractivity contribution in [3.63, 3.8) is 0 Å². The highest BCUT2D eigenvalue weighted by Gasteiger charge is 2.66. The number of hydrogen-bond donors (Lipinski definition) is 3. The number of carbonyl (C=O) groups excluding carboxylic acids is 1. The first kappa shape index (κ1) is 17.4. The van der Waals surface area contributed by atoms with Gasteiger partial charge in [-0.15, -0.1) is 0 Å². The Labute approximate surface area is 145 Å². The van der Waals surface area contributed by atoms with E-state index in [0.29, 0.717) is 5.56 Å². The van der Waals surface area contributed by atoms with Gasteiger partial charge < -0.3 is 20.2 Å². The molecule has 5 nitrogen and oxygen atoms in total. The first-order valence-corrected chi connectivity index (χ1v) is 7.65. The number of alkyl halides is 3. The van der Waals surface area contributed by atoms with Crippen molar-refractivity contribution >= 4 is 23.1 Å². The molecule has 132 valence electrons. The molecular weight excluding hydrogens is 357 g/mol. The van der Waals surface area contributed by atoms with Gasteiger partial charge in [0.25, 0.3) is 0 Å². The third-order valence-electron chi connectivity index (χ3n) is 4.01. The second-order valence-electron chi connectivity index (χ2n) is 5.57. The number of carbonyl (C=O) groups is 1. The standard InChI is InChI=1S/C16H13F3N2O3S/c17-16(18,19)15(23)11(13(22)10-7-4-8-24-10)12(20-14(25)21-15)9-5-2-1-3-6-9/h1-8,11-12,23H,(H2,20,21,25)/t11-,12+,15-/m0/s1. The fourth-order valence-corrected chi connectivity index (χ4v) is 3.13. The zero-order chi connectivity index (χ0) is 18.2. The number of benzene rings is 1. The van der Waals surface area contributed by atoms with Gasteiger partial charge in [0.05, 0.1) is 12.3 Å². The number of halogens is 3. The van der Waals surface area contributed by atoms with E-state index in [0.717, 1.165) is 0 Å². The molecule has 0 bridgehead atoms. The van der Waals surface area contributed by atoms with Crippen LogP contribution in [0.15, 0.2) is 53.1 Å². The summed E-state index contributed by atoms with van der Waals surface area (Å²) < 4.78 is 45.9. The van der Waals surface area contributed by atoms with Gasteiger partial charge in [0.1, 0.15) is 5.92 Å². The van der Waals surface area contributed by atoms with Crippen LogP contribution in [-0.2, 0) is 0 Å². The maximum absolute atomic E-state index is 13.7. The molecule has 1 aliphatic heterocycles. The van der Waals surface area contributed by atoms with Gasteiger partial charge in [-0.1, -0.05) is 30.3 Å². The van der Waals surface area contributed by atoms with E-state index in [-0.39, 0.29) is 5.76 Å². The van der Waals surface area contributed by atoms with Crippen LogP contribution in [0.25, 0.3) is 0 Å². The monoisotopic (exact) mass is 370 g/mol. The van der Waals surface area contributed by atoms with Crippen molar-refractivity contribution in [3.05, 3.63) is 60.1 Å². The quantitative estimate of drug-likeness (QED) is 0.570. The smallest absolute Gasteiger partial charge is 0.437 e. The normalized spacial score (nSPS) is 26.6. The van der Waals surface area contributed by atoms with E-state index in [4.69, 9.17) is 16.6 Å². The molecule has 9 heteroatoms. The van der Waals surface area contributed by atoms with Crippen LogP contribution in [0.2, 0.25) is 0 Å². The van der Waals surface area contributed by atoms with Crippen LogP contribution >= 0.6 is 12.2 Å². The van der Waals surface area contributed by atoms with Crippen LogP contribution in [0.1, 0.15) is 22.2 Å². The molecule has 25 heavy (non-hydrogen) atoms. The summed E-state index contributed by atoms with van der Waals surface area (Å²) in [5, 5.41) is 14.5. The van der Waals surface area contributed by atoms with E-state index in [1.54, 1.807) is 30.3 Å². The Morgan fingerprint density at radius 3 is 2.44 bits per heavy atom. The summed E-state index contributed by atoms with van der Waals surface area (Å²) in [4.78, 5) is 12.7. The van der Waals surface area contributed by atoms with Crippen molar-refractivity contribution < 1.29 is 27.5 Å². The van der Waals surface area contributed by atoms with Crippen LogP contribution in [0.3, 0.4) is 0 Å². The Bertz CT molecular complexity index is 780. The van der Waals surface area contributed by atoms with E-state index < -0.39 is 34.8 Å². The Hall–Kier alpha value is -2.39. The van der Waals surface area contributed by atoms with Crippen LogP contribution < -0.4 is 10.6 Å². The second kappa shape index (κ2) is 6.16. The minimum atomic E-state index is -5.15. The predicted molar refractivity (Wildman–Crippen MR) is 85.6 cm³/mol. The Kier molecular flexibility index (Phi) is 4.29. The zero-order valence-corrected chi connectivity index (χ0v) is 13.4. The summed E-state index contributed by atoms with van der Waals surface area (Å²) in [6.45, 7) is 0. The molecule has 1 fully saturated rings. The highest BCUT2D eigenvalue weighted by Crippen LogP contribution is 2.43. The van der Waals surface area contributed by atoms with Gasteiger partial charge in [-0.2, -0.15) is 13.2 Å². The van der Waals surface area contributed by atoms with E-state index in [9.17, 15) is 23.1 Å². The van der Waals surface area contributed by atoms with E-state index in [1.807, 2.05) is 5.32 Å². The lowest BCUT2D eigenvalue weighted by molar-refractivity contribution is -0.285. The summed E-state index contributed by atoms with van der Waals surface area (Å²) >= 11 is 4.82. The molecule has 3 N–H and O–H groups in total. The summed E-state index contributed by atoms with van der Waals surface area (Å²) in [6.07, 6.45) is -3.98. The summed E-state index contributed by atoms with van der Waals surface area (Å²) in [5.74, 6) is -3.24. The number of aliphatic hydroxyl groups is 1. The summed E-state index contributed by atoms with van der Waals surface area (Å²) in [5.41, 5.74) is -3.17. The molecule has 0 saturated carbocycles. The lowest BCUT2D eigenvalue weighted by Gasteiger charge is -2.46. The van der Waals surface area contributed by atoms with Crippen molar-refractivity contribution in [3.8, 4) is 0 Å². The van der Waals surface area contributed by atoms with Gasteiger partial charge in [-0.05, 0) is 29.9 Å². The second-order valence-corrected chi connectivity index (χ2v) is 5.98. The molecule has 0 unspecified atom stereocenters. The molecule has 1 aliphatic rings. The van der Waals surface area contributed by atoms with Crippen LogP contribution in [0, 0.1) is 5.92 Å². The van der Waals surface area contributed by atoms with Crippen molar-refractivity contribution in [2.75, 3.05) is 0 Å². The maximum Gasteiger partial charge on any atom is 0.437 e. The molecule has 0 radical (unpaired) electrons. The number of thiocarbonyl (C=S) groups is 1. The van der Waals surface area contributed by atoms with E-state index >= 15 is 0 Å². The zero-order valence-electron chi connectivity index (χ0n) is 12.6. The highest BCUT2D eigenvalue weighted by atomic mass is 32.1. The van der Waals surface area contributed by atoms with Gasteiger partial charge in [-0.25, -0.2) is 0 Å². The van der Waals surface area contributed by atoms with Crippen LogP contribution in [-0.4, -0.2) is 27.9 Å². The number of furan rings is 1. The topological polar surface area (TPSA) is 74.5 Å². The highest BCUT2D eigenvalue weighted by molar-refractivity contribution is 7.80. The molecule has 1 aromatic heterocycles. The van der Waals surface area contributed by atoms with E-state index in [2.05, 4.69) is 5.32 Å².